The number of carbonyl (C=O) groups excluding carboxylic acids is 2. The second kappa shape index (κ2) is 27.1. The molecule has 4 aromatic rings. The number of allylic oxidation sites excluding steroid dienone is 2. The van der Waals surface area contributed by atoms with Crippen LogP contribution >= 0.6 is 0 Å². The van der Waals surface area contributed by atoms with Gasteiger partial charge in [-0.05, 0) is 88.2 Å². The highest BCUT2D eigenvalue weighted by atomic mass is 16.5. The molecule has 0 fully saturated rings. The van der Waals surface area contributed by atoms with Crippen LogP contribution in [0.3, 0.4) is 0 Å². The van der Waals surface area contributed by atoms with Gasteiger partial charge in [0.2, 0.25) is 5.75 Å². The summed E-state index contributed by atoms with van der Waals surface area (Å²) in [6.07, 6.45) is 9.50. The van der Waals surface area contributed by atoms with Gasteiger partial charge in [-0.3, -0.25) is 9.59 Å². The van der Waals surface area contributed by atoms with Crippen molar-refractivity contribution in [3.8, 4) is 34.5 Å². The molecule has 2 unspecified atom stereocenters. The van der Waals surface area contributed by atoms with Crippen LogP contribution in [-0.4, -0.2) is 137 Å². The van der Waals surface area contributed by atoms with Crippen molar-refractivity contribution >= 4 is 11.9 Å². The molecule has 0 radical (unpaired) electrons. The van der Waals surface area contributed by atoms with Gasteiger partial charge >= 0.3 is 11.9 Å². The van der Waals surface area contributed by atoms with Gasteiger partial charge in [0, 0.05) is 68.1 Å². The predicted octanol–water partition coefficient (Wildman–Crippen LogP) is 6.96. The Hall–Kier alpha value is -5.88. The Kier molecular flexibility index (Phi) is 21.0. The first-order valence-corrected chi connectivity index (χ1v) is 25.7. The van der Waals surface area contributed by atoms with E-state index >= 15 is 0 Å². The smallest absolute Gasteiger partial charge is 0.306 e. The minimum atomic E-state index is -0.285. The average Bonchev–Trinajstić information content (AvgIpc) is 3.42. The van der Waals surface area contributed by atoms with E-state index in [0.717, 1.165) is 65.8 Å². The zero-order valence-electron chi connectivity index (χ0n) is 44.8. The van der Waals surface area contributed by atoms with Gasteiger partial charge < -0.3 is 67.3 Å². The fourth-order valence-corrected chi connectivity index (χ4v) is 11.1. The van der Waals surface area contributed by atoms with Crippen molar-refractivity contribution in [2.75, 3.05) is 96.1 Å². The molecule has 0 saturated carbocycles. The van der Waals surface area contributed by atoms with Crippen molar-refractivity contribution in [3.05, 3.63) is 116 Å². The Labute approximate surface area is 437 Å². The normalized spacial score (nSPS) is 19.1. The van der Waals surface area contributed by atoms with Crippen molar-refractivity contribution in [2.45, 2.75) is 103 Å². The first kappa shape index (κ1) is 57.4. The second-order valence-electron chi connectivity index (χ2n) is 19.8. The van der Waals surface area contributed by atoms with Crippen molar-refractivity contribution in [1.29, 1.82) is 0 Å². The molecule has 0 aromatic heterocycles. The van der Waals surface area contributed by atoms with Crippen LogP contribution in [0, 0.1) is 0 Å². The molecule has 4 N–H and O–H groups in total. The van der Waals surface area contributed by atoms with Crippen LogP contribution in [0.25, 0.3) is 0 Å². The number of benzene rings is 4. The zero-order chi connectivity index (χ0) is 53.4. The number of aliphatic hydroxyl groups is 4. The Morgan fingerprint density at radius 3 is 1.45 bits per heavy atom. The second-order valence-corrected chi connectivity index (χ2v) is 19.8. The summed E-state index contributed by atoms with van der Waals surface area (Å²) in [5.74, 6) is 3.07. The summed E-state index contributed by atoms with van der Waals surface area (Å²) in [5.41, 5.74) is 9.14. The van der Waals surface area contributed by atoms with Gasteiger partial charge in [0.1, 0.15) is 17.8 Å². The summed E-state index contributed by atoms with van der Waals surface area (Å²) in [7, 11) is 14.1. The molecule has 0 aliphatic carbocycles. The van der Waals surface area contributed by atoms with E-state index in [9.17, 15) is 30.0 Å². The molecule has 0 bridgehead atoms. The molecule has 74 heavy (non-hydrogen) atoms. The lowest BCUT2D eigenvalue weighted by Crippen LogP contribution is -2.52. The van der Waals surface area contributed by atoms with Gasteiger partial charge in [0.25, 0.3) is 0 Å². The predicted molar refractivity (Wildman–Crippen MR) is 280 cm³/mol. The molecular weight excluding hydrogens is 949 g/mol. The Balaban J connectivity index is 0.967. The number of hydrogen-bond acceptors (Lipinski definition) is 14. The topological polar surface area (TPSA) is 189 Å². The van der Waals surface area contributed by atoms with E-state index in [4.69, 9.17) is 37.9 Å². The van der Waals surface area contributed by atoms with Gasteiger partial charge in [-0.25, -0.2) is 0 Å². The molecule has 2 aliphatic rings. The van der Waals surface area contributed by atoms with Crippen molar-refractivity contribution in [2.24, 2.45) is 0 Å². The molecule has 0 spiro atoms. The number of methoxy groups -OCH3 is 6. The van der Waals surface area contributed by atoms with Crippen LogP contribution in [0.15, 0.2) is 60.7 Å². The maximum absolute atomic E-state index is 12.8. The van der Waals surface area contributed by atoms with Crippen LogP contribution in [0.1, 0.15) is 106 Å². The van der Waals surface area contributed by atoms with E-state index in [1.807, 2.05) is 48.6 Å². The van der Waals surface area contributed by atoms with Crippen LogP contribution in [0.2, 0.25) is 0 Å². The van der Waals surface area contributed by atoms with Crippen LogP contribution in [0.4, 0.5) is 0 Å². The van der Waals surface area contributed by atoms with Crippen molar-refractivity contribution in [3.63, 3.8) is 0 Å². The SMILES string of the molecule is COc1cc2c(cc1OC)[C@@H](Cc1cc(OC)c(OC)c(OC)c1)[N+](C)(CCCOC(=O)CC/C=C/CCC(=O)OCCC[N+]1(C)CCc3cc(CO)c(CO)cc3[C@H]1Cc1cc(CO)c(CO)c(OC)c1)CC2. The highest BCUT2D eigenvalue weighted by Crippen LogP contribution is 2.45. The minimum Gasteiger partial charge on any atom is -0.496 e. The van der Waals surface area contributed by atoms with E-state index < -0.39 is 0 Å². The van der Waals surface area contributed by atoms with Gasteiger partial charge in [-0.1, -0.05) is 24.3 Å². The van der Waals surface area contributed by atoms with Crippen LogP contribution < -0.4 is 28.4 Å². The van der Waals surface area contributed by atoms with E-state index in [2.05, 4.69) is 26.2 Å². The molecule has 2 heterocycles. The monoisotopic (exact) mass is 1030 g/mol. The number of nitrogens with zero attached hydrogens (tertiary/aromatic N) is 2. The fraction of sp³-hybridized carbons (Fsp3) is 0.517. The molecule has 2 aliphatic heterocycles. The fourth-order valence-electron chi connectivity index (χ4n) is 11.1. The third-order valence-electron chi connectivity index (χ3n) is 15.3. The van der Waals surface area contributed by atoms with E-state index in [1.165, 1.54) is 11.1 Å². The number of carbonyl (C=O) groups is 2. The summed E-state index contributed by atoms with van der Waals surface area (Å²) in [6, 6.07) is 16.0. The molecule has 4 atom stereocenters. The maximum atomic E-state index is 12.8. The van der Waals surface area contributed by atoms with Gasteiger partial charge in [0.15, 0.2) is 23.0 Å². The standard InChI is InChI=1S/C58H80N2O14/c1-59(21-17-41-31-43(35-61)44(36-62)32-46(41)49(59)26-39-25-45(37-63)48(38-64)51(28-39)67-3)19-13-23-73-56(65)15-11-9-10-12-16-57(66)74-24-14-20-60(2)22-18-42-33-52(68-4)53(69-5)34-47(42)50(60)27-40-29-54(70-6)58(72-8)55(30-40)71-7/h9-10,25,28-34,49-50,61-64H,11-24,26-27,35-38H2,1-8H3/q+2/b10-9+/t49-,50-,59?,60?/m1/s1. The quantitative estimate of drug-likeness (QED) is 0.0198. The van der Waals surface area contributed by atoms with Crippen molar-refractivity contribution in [1.82, 2.24) is 0 Å². The zero-order valence-corrected chi connectivity index (χ0v) is 44.8. The number of ether oxygens (including phenoxy) is 8. The third-order valence-corrected chi connectivity index (χ3v) is 15.3. The molecule has 6 rings (SSSR count). The van der Waals surface area contributed by atoms with E-state index in [1.54, 1.807) is 42.7 Å². The minimum absolute atomic E-state index is 0.0442. The van der Waals surface area contributed by atoms with Gasteiger partial charge in [-0.15, -0.1) is 0 Å². The largest absolute Gasteiger partial charge is 0.496 e. The number of quaternary nitrogens is 2. The lowest BCUT2D eigenvalue weighted by molar-refractivity contribution is -0.941. The number of aliphatic hydroxyl groups excluding tert-OH is 4. The average molecular weight is 1030 g/mol. The van der Waals surface area contributed by atoms with Gasteiger partial charge in [0.05, 0.1) is 123 Å². The summed E-state index contributed by atoms with van der Waals surface area (Å²) in [5, 5.41) is 40.4. The van der Waals surface area contributed by atoms with Gasteiger partial charge in [-0.2, -0.15) is 0 Å². The lowest BCUT2D eigenvalue weighted by Gasteiger charge is -2.46. The molecular formula is C58H80N2O14+2. The molecule has 0 saturated heterocycles. The Morgan fingerprint density at radius 2 is 0.973 bits per heavy atom. The first-order valence-electron chi connectivity index (χ1n) is 25.7. The maximum Gasteiger partial charge on any atom is 0.306 e. The molecule has 16 nitrogen and oxygen atoms in total. The van der Waals surface area contributed by atoms with Crippen LogP contribution in [0.5, 0.6) is 34.5 Å². The summed E-state index contributed by atoms with van der Waals surface area (Å²) in [6.45, 7) is 2.91. The number of esters is 2. The molecule has 0 amide bonds. The highest BCUT2D eigenvalue weighted by molar-refractivity contribution is 5.70. The number of likely N-dealkylation sites (N-methyl/N-ethyl adjacent to an activating group) is 2. The van der Waals surface area contributed by atoms with E-state index in [-0.39, 0.29) is 69.9 Å². The Morgan fingerprint density at radius 1 is 0.527 bits per heavy atom. The summed E-state index contributed by atoms with van der Waals surface area (Å²) >= 11 is 0. The number of rotatable bonds is 28. The Bertz CT molecular complexity index is 2340. The van der Waals surface area contributed by atoms with Crippen molar-refractivity contribution < 1.29 is 76.9 Å². The number of fused-ring (bicyclic) bond motifs is 2. The highest BCUT2D eigenvalue weighted by Gasteiger charge is 2.41. The van der Waals surface area contributed by atoms with Crippen LogP contribution in [-0.2, 0) is 71.2 Å². The molecule has 4 aromatic carbocycles. The summed E-state index contributed by atoms with van der Waals surface area (Å²) in [4.78, 5) is 25.7. The molecule has 404 valence electrons. The molecule has 16 heteroatoms. The summed E-state index contributed by atoms with van der Waals surface area (Å²) < 4.78 is 46.8. The lowest BCUT2D eigenvalue weighted by atomic mass is 9.83. The number of hydrogen-bond donors (Lipinski definition) is 4. The van der Waals surface area contributed by atoms with E-state index in [0.29, 0.717) is 106 Å². The third kappa shape index (κ3) is 13.7. The first-order chi connectivity index (χ1) is 35.7.